The first kappa shape index (κ1) is 19.3. The Morgan fingerprint density at radius 2 is 1.87 bits per heavy atom. The van der Waals surface area contributed by atoms with Gasteiger partial charge in [-0.15, -0.1) is 0 Å². The van der Waals surface area contributed by atoms with Crippen LogP contribution in [-0.2, 0) is 17.4 Å². The molecular weight excluding hydrogens is 307 g/mol. The molecule has 1 amide bonds. The van der Waals surface area contributed by atoms with Crippen LogP contribution in [0.25, 0.3) is 0 Å². The summed E-state index contributed by atoms with van der Waals surface area (Å²) in [4.78, 5) is 12.7. The van der Waals surface area contributed by atoms with Gasteiger partial charge in [-0.3, -0.25) is 4.79 Å². The zero-order chi connectivity index (χ0) is 17.5. The predicted molar refractivity (Wildman–Crippen MR) is 84.7 cm³/mol. The Hall–Kier alpha value is -1.76. The molecular formula is C16H24F3N3O. The minimum atomic E-state index is -4.42. The summed E-state index contributed by atoms with van der Waals surface area (Å²) in [5.74, 6) is -0.290. The molecule has 0 heterocycles. The largest absolute Gasteiger partial charge is 0.418 e. The number of halogens is 3. The van der Waals surface area contributed by atoms with Crippen LogP contribution in [0.3, 0.4) is 0 Å². The second-order valence-corrected chi connectivity index (χ2v) is 5.75. The van der Waals surface area contributed by atoms with Crippen molar-refractivity contribution in [2.24, 2.45) is 5.73 Å². The summed E-state index contributed by atoms with van der Waals surface area (Å²) in [7, 11) is 1.93. The lowest BCUT2D eigenvalue weighted by Gasteiger charge is -2.17. The third-order valence-corrected chi connectivity index (χ3v) is 3.67. The first-order valence-electron chi connectivity index (χ1n) is 7.62. The maximum absolute atomic E-state index is 12.8. The number of anilines is 1. The van der Waals surface area contributed by atoms with Gasteiger partial charge in [-0.25, -0.2) is 0 Å². The summed E-state index contributed by atoms with van der Waals surface area (Å²) in [6.07, 6.45) is -0.883. The number of rotatable bonds is 9. The highest BCUT2D eigenvalue weighted by Crippen LogP contribution is 2.34. The molecule has 0 radical (unpaired) electrons. The van der Waals surface area contributed by atoms with Crippen molar-refractivity contribution < 1.29 is 18.0 Å². The first-order valence-corrected chi connectivity index (χ1v) is 7.62. The molecule has 1 rings (SSSR count). The van der Waals surface area contributed by atoms with Gasteiger partial charge in [0.1, 0.15) is 0 Å². The summed E-state index contributed by atoms with van der Waals surface area (Å²) in [6, 6.07) is 4.06. The van der Waals surface area contributed by atoms with E-state index in [1.54, 1.807) is 6.07 Å². The first-order chi connectivity index (χ1) is 10.7. The molecule has 0 fully saturated rings. The van der Waals surface area contributed by atoms with Crippen molar-refractivity contribution in [2.45, 2.75) is 38.3 Å². The van der Waals surface area contributed by atoms with Gasteiger partial charge >= 0.3 is 6.18 Å². The number of hydrogen-bond donors (Lipinski definition) is 2. The van der Waals surface area contributed by atoms with E-state index in [1.807, 2.05) is 7.05 Å². The lowest BCUT2D eigenvalue weighted by Crippen LogP contribution is -2.22. The van der Waals surface area contributed by atoms with Crippen LogP contribution in [0.5, 0.6) is 0 Å². The molecule has 7 heteroatoms. The van der Waals surface area contributed by atoms with E-state index >= 15 is 0 Å². The highest BCUT2D eigenvalue weighted by Gasteiger charge is 2.32. The van der Waals surface area contributed by atoms with Gasteiger partial charge in [0.2, 0.25) is 5.91 Å². The van der Waals surface area contributed by atoms with E-state index < -0.39 is 11.7 Å². The third kappa shape index (κ3) is 7.36. The van der Waals surface area contributed by atoms with Gasteiger partial charge in [-0.05, 0) is 50.6 Å². The van der Waals surface area contributed by atoms with Gasteiger partial charge in [0, 0.05) is 18.7 Å². The zero-order valence-corrected chi connectivity index (χ0v) is 13.3. The molecule has 0 unspecified atom stereocenters. The Bertz CT molecular complexity index is 518. The minimum Gasteiger partial charge on any atom is -0.398 e. The Balaban J connectivity index is 2.38. The fourth-order valence-electron chi connectivity index (χ4n) is 2.29. The highest BCUT2D eigenvalue weighted by molar-refractivity contribution is 5.73. The fraction of sp³-hybridized carbons (Fsp3) is 0.562. The SMILES string of the molecule is CN(CCCCCC(N)=O)CCc1ccc(N)c(C(F)(F)F)c1. The van der Waals surface area contributed by atoms with Gasteiger partial charge in [0.15, 0.2) is 0 Å². The number of likely N-dealkylation sites (N-methyl/N-ethyl adjacent to an activating group) is 1. The van der Waals surface area contributed by atoms with Crippen LogP contribution in [0.4, 0.5) is 18.9 Å². The molecule has 0 aliphatic carbocycles. The highest BCUT2D eigenvalue weighted by atomic mass is 19.4. The lowest BCUT2D eigenvalue weighted by atomic mass is 10.1. The van der Waals surface area contributed by atoms with E-state index in [0.29, 0.717) is 24.9 Å². The molecule has 23 heavy (non-hydrogen) atoms. The van der Waals surface area contributed by atoms with Crippen LogP contribution in [0.15, 0.2) is 18.2 Å². The summed E-state index contributed by atoms with van der Waals surface area (Å²) >= 11 is 0. The van der Waals surface area contributed by atoms with Crippen LogP contribution >= 0.6 is 0 Å². The molecule has 130 valence electrons. The summed E-state index contributed by atoms with van der Waals surface area (Å²) < 4.78 is 38.4. The van der Waals surface area contributed by atoms with Crippen molar-refractivity contribution in [3.8, 4) is 0 Å². The van der Waals surface area contributed by atoms with Crippen LogP contribution < -0.4 is 11.5 Å². The summed E-state index contributed by atoms with van der Waals surface area (Å²) in [5.41, 5.74) is 10.0. The number of primary amides is 1. The number of alkyl halides is 3. The number of benzene rings is 1. The fourth-order valence-corrected chi connectivity index (χ4v) is 2.29. The van der Waals surface area contributed by atoms with E-state index in [-0.39, 0.29) is 11.6 Å². The zero-order valence-electron chi connectivity index (χ0n) is 13.3. The van der Waals surface area contributed by atoms with E-state index in [9.17, 15) is 18.0 Å². The Morgan fingerprint density at radius 3 is 2.48 bits per heavy atom. The molecule has 1 aromatic rings. The Morgan fingerprint density at radius 1 is 1.17 bits per heavy atom. The number of nitrogen functional groups attached to an aromatic ring is 1. The second kappa shape index (κ2) is 8.76. The van der Waals surface area contributed by atoms with E-state index in [1.165, 1.54) is 6.07 Å². The van der Waals surface area contributed by atoms with Gasteiger partial charge in [0.05, 0.1) is 5.56 Å². The second-order valence-electron chi connectivity index (χ2n) is 5.75. The molecule has 0 aliphatic rings. The molecule has 1 aromatic carbocycles. The topological polar surface area (TPSA) is 72.3 Å². The number of carbonyl (C=O) groups is 1. The van der Waals surface area contributed by atoms with Crippen LogP contribution in [0.2, 0.25) is 0 Å². The maximum atomic E-state index is 12.8. The standard InChI is InChI=1S/C16H24F3N3O/c1-22(9-4-2-3-5-15(21)23)10-8-12-6-7-14(20)13(11-12)16(17,18)19/h6-7,11H,2-5,8-10,20H2,1H3,(H2,21,23). The number of nitrogens with zero attached hydrogens (tertiary/aromatic N) is 1. The predicted octanol–water partition coefficient (Wildman–Crippen LogP) is 2.81. The molecule has 0 bridgehead atoms. The summed E-state index contributed by atoms with van der Waals surface area (Å²) in [5, 5.41) is 0. The number of amides is 1. The van der Waals surface area contributed by atoms with Gasteiger partial charge in [-0.1, -0.05) is 12.5 Å². The van der Waals surface area contributed by atoms with Crippen molar-refractivity contribution in [2.75, 3.05) is 25.9 Å². The van der Waals surface area contributed by atoms with E-state index in [2.05, 4.69) is 4.90 Å². The van der Waals surface area contributed by atoms with Crippen molar-refractivity contribution >= 4 is 11.6 Å². The van der Waals surface area contributed by atoms with Crippen molar-refractivity contribution in [1.82, 2.24) is 4.90 Å². The molecule has 4 N–H and O–H groups in total. The van der Waals surface area contributed by atoms with Crippen LogP contribution in [-0.4, -0.2) is 30.9 Å². The maximum Gasteiger partial charge on any atom is 0.418 e. The van der Waals surface area contributed by atoms with E-state index in [4.69, 9.17) is 11.5 Å². The lowest BCUT2D eigenvalue weighted by molar-refractivity contribution is -0.137. The molecule has 0 saturated heterocycles. The molecule has 0 saturated carbocycles. The number of hydrogen-bond acceptors (Lipinski definition) is 3. The molecule has 0 aliphatic heterocycles. The minimum absolute atomic E-state index is 0.246. The summed E-state index contributed by atoms with van der Waals surface area (Å²) in [6.45, 7) is 1.50. The van der Waals surface area contributed by atoms with Crippen molar-refractivity contribution in [3.63, 3.8) is 0 Å². The Kier molecular flexibility index (Phi) is 7.35. The van der Waals surface area contributed by atoms with Gasteiger partial charge in [0.25, 0.3) is 0 Å². The molecule has 0 spiro atoms. The third-order valence-electron chi connectivity index (χ3n) is 3.67. The average molecular weight is 331 g/mol. The number of nitrogens with two attached hydrogens (primary N) is 2. The van der Waals surface area contributed by atoms with Crippen LogP contribution in [0.1, 0.15) is 36.8 Å². The number of carbonyl (C=O) groups excluding carboxylic acids is 1. The quantitative estimate of drug-likeness (QED) is 0.540. The van der Waals surface area contributed by atoms with Crippen molar-refractivity contribution in [1.29, 1.82) is 0 Å². The monoisotopic (exact) mass is 331 g/mol. The smallest absolute Gasteiger partial charge is 0.398 e. The van der Waals surface area contributed by atoms with E-state index in [0.717, 1.165) is 31.9 Å². The van der Waals surface area contributed by atoms with Crippen molar-refractivity contribution in [3.05, 3.63) is 29.3 Å². The normalized spacial score (nSPS) is 11.9. The van der Waals surface area contributed by atoms with Crippen LogP contribution in [0, 0.1) is 0 Å². The van der Waals surface area contributed by atoms with Gasteiger partial charge < -0.3 is 16.4 Å². The molecule has 0 aromatic heterocycles. The number of unbranched alkanes of at least 4 members (excludes halogenated alkanes) is 2. The Labute approximate surface area is 134 Å². The average Bonchev–Trinajstić information content (AvgIpc) is 2.44. The molecule has 0 atom stereocenters. The molecule has 4 nitrogen and oxygen atoms in total. The van der Waals surface area contributed by atoms with Gasteiger partial charge in [-0.2, -0.15) is 13.2 Å².